The topological polar surface area (TPSA) is 37.4 Å². The molecular weight excluding hydrogens is 202 g/mol. The number of ketones is 1. The lowest BCUT2D eigenvalue weighted by molar-refractivity contribution is -0.135. The molecule has 1 aliphatic heterocycles. The minimum atomic E-state index is -0.265. The van der Waals surface area contributed by atoms with Crippen molar-refractivity contribution in [3.05, 3.63) is 0 Å². The molecule has 1 rings (SSSR count). The van der Waals surface area contributed by atoms with E-state index in [1.165, 1.54) is 12.8 Å². The highest BCUT2D eigenvalue weighted by Gasteiger charge is 2.39. The maximum atomic E-state index is 11.9. The Labute approximate surface area is 98.2 Å². The number of hydrogen-bond donors (Lipinski definition) is 0. The predicted molar refractivity (Wildman–Crippen MR) is 64.2 cm³/mol. The Morgan fingerprint density at radius 1 is 1.31 bits per heavy atom. The van der Waals surface area contributed by atoms with Gasteiger partial charge in [0.1, 0.15) is 0 Å². The van der Waals surface area contributed by atoms with Crippen molar-refractivity contribution >= 4 is 11.7 Å². The van der Waals surface area contributed by atoms with Gasteiger partial charge >= 0.3 is 0 Å². The number of carbonyl (C=O) groups is 2. The largest absolute Gasteiger partial charge is 0.330 e. The fraction of sp³-hybridized carbons (Fsp3) is 0.846. The van der Waals surface area contributed by atoms with Crippen LogP contribution in [0.15, 0.2) is 0 Å². The summed E-state index contributed by atoms with van der Waals surface area (Å²) in [7, 11) is 0. The van der Waals surface area contributed by atoms with E-state index in [0.717, 1.165) is 12.8 Å². The molecule has 0 aromatic rings. The Balaban J connectivity index is 2.39. The Kier molecular flexibility index (Phi) is 4.51. The van der Waals surface area contributed by atoms with E-state index in [-0.39, 0.29) is 17.2 Å². The summed E-state index contributed by atoms with van der Waals surface area (Å²) in [5, 5.41) is 0. The maximum absolute atomic E-state index is 11.9. The van der Waals surface area contributed by atoms with E-state index in [0.29, 0.717) is 19.4 Å². The average molecular weight is 225 g/mol. The third kappa shape index (κ3) is 3.32. The molecule has 1 heterocycles. The molecule has 0 unspecified atom stereocenters. The lowest BCUT2D eigenvalue weighted by Crippen LogP contribution is -2.42. The molecule has 0 aliphatic carbocycles. The highest BCUT2D eigenvalue weighted by molar-refractivity contribution is 5.91. The number of carbonyl (C=O) groups excluding carboxylic acids is 2. The van der Waals surface area contributed by atoms with Crippen LogP contribution in [0.3, 0.4) is 0 Å². The fourth-order valence-corrected chi connectivity index (χ4v) is 2.29. The van der Waals surface area contributed by atoms with Crippen LogP contribution in [0.25, 0.3) is 0 Å². The van der Waals surface area contributed by atoms with Crippen molar-refractivity contribution in [2.24, 2.45) is 0 Å². The van der Waals surface area contributed by atoms with Crippen LogP contribution in [0, 0.1) is 0 Å². The van der Waals surface area contributed by atoms with Gasteiger partial charge in [0.25, 0.3) is 0 Å². The third-order valence-corrected chi connectivity index (χ3v) is 3.24. The third-order valence-electron chi connectivity index (χ3n) is 3.24. The summed E-state index contributed by atoms with van der Waals surface area (Å²) in [6.07, 6.45) is 5.54. The van der Waals surface area contributed by atoms with Gasteiger partial charge in [-0.1, -0.05) is 26.2 Å². The molecule has 0 bridgehead atoms. The van der Waals surface area contributed by atoms with Crippen LogP contribution in [0.1, 0.15) is 59.3 Å². The Hall–Kier alpha value is -0.860. The molecule has 0 aromatic heterocycles. The first-order valence-corrected chi connectivity index (χ1v) is 6.29. The van der Waals surface area contributed by atoms with Crippen LogP contribution in [0.2, 0.25) is 0 Å². The smallest absolute Gasteiger partial charge is 0.223 e. The van der Waals surface area contributed by atoms with Gasteiger partial charge in [-0.2, -0.15) is 0 Å². The predicted octanol–water partition coefficient (Wildman–Crippen LogP) is 2.54. The van der Waals surface area contributed by atoms with E-state index in [1.807, 2.05) is 13.8 Å². The first-order valence-electron chi connectivity index (χ1n) is 6.29. The minimum absolute atomic E-state index is 0.145. The molecule has 0 spiro atoms. The van der Waals surface area contributed by atoms with Crippen molar-refractivity contribution in [3.63, 3.8) is 0 Å². The molecule has 1 amide bonds. The number of rotatable bonds is 5. The van der Waals surface area contributed by atoms with Gasteiger partial charge in [-0.15, -0.1) is 0 Å². The zero-order valence-electron chi connectivity index (χ0n) is 10.7. The summed E-state index contributed by atoms with van der Waals surface area (Å²) < 4.78 is 0. The van der Waals surface area contributed by atoms with E-state index in [2.05, 4.69) is 6.92 Å². The maximum Gasteiger partial charge on any atom is 0.223 e. The van der Waals surface area contributed by atoms with Crippen LogP contribution in [0.5, 0.6) is 0 Å². The molecule has 0 radical (unpaired) electrons. The van der Waals surface area contributed by atoms with Crippen LogP contribution < -0.4 is 0 Å². The van der Waals surface area contributed by atoms with Crippen LogP contribution in [-0.2, 0) is 9.59 Å². The molecule has 0 saturated carbocycles. The van der Waals surface area contributed by atoms with Gasteiger partial charge in [0.05, 0.1) is 6.54 Å². The first kappa shape index (κ1) is 13.2. The molecule has 3 nitrogen and oxygen atoms in total. The van der Waals surface area contributed by atoms with Gasteiger partial charge in [0.15, 0.2) is 5.78 Å². The molecule has 0 N–H and O–H groups in total. The fourth-order valence-electron chi connectivity index (χ4n) is 2.29. The van der Waals surface area contributed by atoms with Crippen LogP contribution >= 0.6 is 0 Å². The molecule has 3 heteroatoms. The normalized spacial score (nSPS) is 19.2. The Morgan fingerprint density at radius 3 is 2.50 bits per heavy atom. The van der Waals surface area contributed by atoms with Crippen molar-refractivity contribution in [2.45, 2.75) is 64.8 Å². The summed E-state index contributed by atoms with van der Waals surface area (Å²) in [6.45, 7) is 6.42. The second kappa shape index (κ2) is 5.46. The summed E-state index contributed by atoms with van der Waals surface area (Å²) in [6, 6.07) is 0. The van der Waals surface area contributed by atoms with Crippen LogP contribution in [0.4, 0.5) is 0 Å². The monoisotopic (exact) mass is 225 g/mol. The number of amides is 1. The number of hydrogen-bond acceptors (Lipinski definition) is 2. The lowest BCUT2D eigenvalue weighted by Gasteiger charge is -2.30. The quantitative estimate of drug-likeness (QED) is 0.674. The molecule has 1 fully saturated rings. The number of unbranched alkanes of at least 4 members (excludes halogenated alkanes) is 3. The molecule has 16 heavy (non-hydrogen) atoms. The molecular formula is C13H23NO2. The molecule has 0 aromatic carbocycles. The number of nitrogens with zero attached hydrogens (tertiary/aromatic N) is 1. The van der Waals surface area contributed by atoms with E-state index in [4.69, 9.17) is 0 Å². The lowest BCUT2D eigenvalue weighted by atomic mass is 10.0. The van der Waals surface area contributed by atoms with E-state index in [9.17, 15) is 9.59 Å². The Morgan fingerprint density at radius 2 is 2.00 bits per heavy atom. The van der Waals surface area contributed by atoms with Gasteiger partial charge in [-0.05, 0) is 20.3 Å². The molecule has 1 saturated heterocycles. The van der Waals surface area contributed by atoms with Gasteiger partial charge < -0.3 is 4.90 Å². The second-order valence-corrected chi connectivity index (χ2v) is 5.32. The standard InChI is InChI=1S/C13H23NO2/c1-4-5-6-7-8-12(16)14-10-11(15)9-13(14,2)3/h4-10H2,1-3H3. The van der Waals surface area contributed by atoms with Gasteiger partial charge in [-0.25, -0.2) is 0 Å². The highest BCUT2D eigenvalue weighted by atomic mass is 16.2. The van der Waals surface area contributed by atoms with E-state index < -0.39 is 0 Å². The molecule has 92 valence electrons. The number of Topliss-reactive ketones (excluding diaryl/α,β-unsaturated/α-hetero) is 1. The summed E-state index contributed by atoms with van der Waals surface area (Å²) in [5.74, 6) is 0.332. The second-order valence-electron chi connectivity index (χ2n) is 5.32. The zero-order valence-corrected chi connectivity index (χ0v) is 10.7. The highest BCUT2D eigenvalue weighted by Crippen LogP contribution is 2.27. The zero-order chi connectivity index (χ0) is 12.2. The SMILES string of the molecule is CCCCCCC(=O)N1CC(=O)CC1(C)C. The van der Waals surface area contributed by atoms with Crippen LogP contribution in [-0.4, -0.2) is 28.7 Å². The van der Waals surface area contributed by atoms with Crippen molar-refractivity contribution in [1.82, 2.24) is 4.90 Å². The molecule has 1 aliphatic rings. The molecule has 0 atom stereocenters. The van der Waals surface area contributed by atoms with Gasteiger partial charge in [0, 0.05) is 18.4 Å². The summed E-state index contributed by atoms with van der Waals surface area (Å²) >= 11 is 0. The number of likely N-dealkylation sites (tertiary alicyclic amines) is 1. The van der Waals surface area contributed by atoms with Gasteiger partial charge in [-0.3, -0.25) is 9.59 Å². The first-order chi connectivity index (χ1) is 7.47. The van der Waals surface area contributed by atoms with Crippen molar-refractivity contribution in [1.29, 1.82) is 0 Å². The average Bonchev–Trinajstić information content (AvgIpc) is 2.46. The summed E-state index contributed by atoms with van der Waals surface area (Å²) in [5.41, 5.74) is -0.265. The summed E-state index contributed by atoms with van der Waals surface area (Å²) in [4.78, 5) is 25.1. The minimum Gasteiger partial charge on any atom is -0.330 e. The van der Waals surface area contributed by atoms with Crippen molar-refractivity contribution in [2.75, 3.05) is 6.54 Å². The van der Waals surface area contributed by atoms with E-state index >= 15 is 0 Å². The van der Waals surface area contributed by atoms with Crippen molar-refractivity contribution < 1.29 is 9.59 Å². The van der Waals surface area contributed by atoms with E-state index in [1.54, 1.807) is 4.90 Å². The van der Waals surface area contributed by atoms with Crippen molar-refractivity contribution in [3.8, 4) is 0 Å². The Bertz CT molecular complexity index is 271. The van der Waals surface area contributed by atoms with Gasteiger partial charge in [0.2, 0.25) is 5.91 Å².